The van der Waals surface area contributed by atoms with Gasteiger partial charge in [0, 0.05) is 51.2 Å². The molecule has 0 aliphatic heterocycles. The summed E-state index contributed by atoms with van der Waals surface area (Å²) in [7, 11) is 0. The highest BCUT2D eigenvalue weighted by Gasteiger charge is 2.30. The van der Waals surface area contributed by atoms with E-state index in [0.717, 1.165) is 41.5 Å². The molecule has 0 spiro atoms. The minimum Gasteiger partial charge on any atom is -0.465 e. The van der Waals surface area contributed by atoms with E-state index >= 15 is 0 Å². The van der Waals surface area contributed by atoms with Crippen LogP contribution in [-0.4, -0.2) is 93.2 Å². The number of amides is 4. The summed E-state index contributed by atoms with van der Waals surface area (Å²) in [4.78, 5) is 61.7. The SMILES string of the molecule is CC(C)(C)OC(=O)NCCCC[C@@H](CC(=O)OCC1c2ccccc2-c2ccccc21)C(=O)NCCCOCc1ccccc1.CC(C)(C)OC(=O)NCCCC[C@@H](N)C(=O)NCCCOCc1ccccc1. The van der Waals surface area contributed by atoms with Crippen LogP contribution in [0.4, 0.5) is 9.59 Å². The first-order valence-corrected chi connectivity index (χ1v) is 25.8. The number of carbonyl (C=O) groups excluding carboxylic acids is 5. The zero-order valence-electron chi connectivity index (χ0n) is 44.0. The Labute approximate surface area is 433 Å². The van der Waals surface area contributed by atoms with E-state index in [1.54, 1.807) is 0 Å². The van der Waals surface area contributed by atoms with Gasteiger partial charge >= 0.3 is 18.2 Å². The lowest BCUT2D eigenvalue weighted by Crippen LogP contribution is -2.41. The molecule has 0 bridgehead atoms. The Kier molecular flexibility index (Phi) is 26.0. The summed E-state index contributed by atoms with van der Waals surface area (Å²) in [5.41, 5.74) is 11.7. The van der Waals surface area contributed by atoms with Gasteiger partial charge in [0.05, 0.1) is 25.7 Å². The number of nitrogens with two attached hydrogens (primary N) is 1. The molecule has 0 unspecified atom stereocenters. The number of benzene rings is 4. The van der Waals surface area contributed by atoms with Crippen molar-refractivity contribution in [1.29, 1.82) is 0 Å². The molecule has 4 amide bonds. The van der Waals surface area contributed by atoms with E-state index < -0.39 is 41.3 Å². The van der Waals surface area contributed by atoms with Gasteiger partial charge in [0.2, 0.25) is 11.8 Å². The number of unbranched alkanes of at least 4 members (excludes halogenated alkanes) is 2. The Balaban J connectivity index is 0.000000355. The highest BCUT2D eigenvalue weighted by molar-refractivity contribution is 5.84. The number of esters is 1. The molecule has 73 heavy (non-hydrogen) atoms. The molecule has 0 saturated heterocycles. The zero-order valence-corrected chi connectivity index (χ0v) is 44.0. The largest absolute Gasteiger partial charge is 0.465 e. The normalized spacial score (nSPS) is 12.7. The third-order valence-corrected chi connectivity index (χ3v) is 11.5. The monoisotopic (exact) mass is 1010 g/mol. The molecule has 1 aliphatic rings. The van der Waals surface area contributed by atoms with Gasteiger partial charge in [-0.2, -0.15) is 0 Å². The van der Waals surface area contributed by atoms with Gasteiger partial charge < -0.3 is 50.7 Å². The second-order valence-electron chi connectivity index (χ2n) is 20.1. The number of hydrogen-bond acceptors (Lipinski definition) is 11. The van der Waals surface area contributed by atoms with Crippen LogP contribution in [0.2, 0.25) is 0 Å². The van der Waals surface area contributed by atoms with Crippen molar-refractivity contribution in [3.05, 3.63) is 131 Å². The maximum absolute atomic E-state index is 13.2. The van der Waals surface area contributed by atoms with Crippen molar-refractivity contribution in [3.63, 3.8) is 0 Å². The number of ether oxygens (including phenoxy) is 5. The quantitative estimate of drug-likeness (QED) is 0.0206. The summed E-state index contributed by atoms with van der Waals surface area (Å²) in [6.45, 7) is 15.2. The van der Waals surface area contributed by atoms with Crippen LogP contribution in [0.3, 0.4) is 0 Å². The fraction of sp³-hybridized carbons (Fsp3) is 0.500. The summed E-state index contributed by atoms with van der Waals surface area (Å²) < 4.78 is 27.5. The molecule has 0 radical (unpaired) electrons. The average molecular weight is 1010 g/mol. The summed E-state index contributed by atoms with van der Waals surface area (Å²) in [5.74, 6) is -1.29. The molecule has 398 valence electrons. The highest BCUT2D eigenvalue weighted by atomic mass is 16.6. The van der Waals surface area contributed by atoms with Crippen LogP contribution in [0.5, 0.6) is 0 Å². The molecular weight excluding hydrogens is 927 g/mol. The van der Waals surface area contributed by atoms with Gasteiger partial charge in [-0.1, -0.05) is 116 Å². The fourth-order valence-electron chi connectivity index (χ4n) is 7.92. The molecule has 0 heterocycles. The smallest absolute Gasteiger partial charge is 0.407 e. The standard InChI is InChI=1S/C37H46N2O6.C21H35N3O4/c1-37(2,3)45-36(42)39-21-12-11-16-28(35(41)38-22-13-23-43-25-27-14-5-4-6-15-27)24-34(40)44-26-33-31-19-9-7-17-29(31)30-18-8-10-20-32(30)33;1-21(2,3)28-20(26)24-13-8-7-12-18(22)19(25)23-14-9-15-27-16-17-10-5-4-6-11-17/h4-10,14-15,17-20,28,33H,11-13,16,21-26H2,1-3H3,(H,38,41)(H,39,42);4-6,10-11,18H,7-9,12-16,22H2,1-3H3,(H,23,25)(H,24,26)/t28-;18-/m01/s1. The van der Waals surface area contributed by atoms with Crippen molar-refractivity contribution >= 4 is 30.0 Å². The van der Waals surface area contributed by atoms with Gasteiger partial charge in [-0.15, -0.1) is 0 Å². The minimum absolute atomic E-state index is 0.00809. The van der Waals surface area contributed by atoms with Crippen LogP contribution in [0.25, 0.3) is 11.1 Å². The zero-order chi connectivity index (χ0) is 52.9. The van der Waals surface area contributed by atoms with E-state index in [4.69, 9.17) is 29.4 Å². The Morgan fingerprint density at radius 2 is 0.945 bits per heavy atom. The molecule has 2 atom stereocenters. The predicted molar refractivity (Wildman–Crippen MR) is 284 cm³/mol. The molecule has 4 aromatic rings. The predicted octanol–water partition coefficient (Wildman–Crippen LogP) is 9.50. The number of carbonyl (C=O) groups is 5. The lowest BCUT2D eigenvalue weighted by Gasteiger charge is -2.20. The van der Waals surface area contributed by atoms with E-state index in [1.807, 2.05) is 126 Å². The maximum atomic E-state index is 13.2. The third kappa shape index (κ3) is 24.3. The Bertz CT molecular complexity index is 2220. The van der Waals surface area contributed by atoms with Crippen molar-refractivity contribution in [1.82, 2.24) is 21.3 Å². The second kappa shape index (κ2) is 32.0. The van der Waals surface area contributed by atoms with Gasteiger partial charge in [-0.05, 0) is 120 Å². The molecule has 4 aromatic carbocycles. The minimum atomic E-state index is -0.567. The first-order chi connectivity index (χ1) is 35.0. The van der Waals surface area contributed by atoms with Crippen LogP contribution in [-0.2, 0) is 51.3 Å². The first kappa shape index (κ1) is 59.3. The van der Waals surface area contributed by atoms with Crippen LogP contribution < -0.4 is 27.0 Å². The van der Waals surface area contributed by atoms with E-state index in [-0.39, 0.29) is 30.8 Å². The Morgan fingerprint density at radius 1 is 0.521 bits per heavy atom. The summed E-state index contributed by atoms with van der Waals surface area (Å²) >= 11 is 0. The van der Waals surface area contributed by atoms with E-state index in [1.165, 1.54) is 11.1 Å². The van der Waals surface area contributed by atoms with Crippen LogP contribution in [0, 0.1) is 5.92 Å². The van der Waals surface area contributed by atoms with Crippen LogP contribution >= 0.6 is 0 Å². The summed E-state index contributed by atoms with van der Waals surface area (Å²) in [6, 6.07) is 35.8. The Hall–Kier alpha value is -6.29. The summed E-state index contributed by atoms with van der Waals surface area (Å²) in [6.07, 6.45) is 4.38. The number of nitrogens with one attached hydrogen (secondary N) is 4. The summed E-state index contributed by atoms with van der Waals surface area (Å²) in [5, 5.41) is 11.3. The third-order valence-electron chi connectivity index (χ3n) is 11.5. The van der Waals surface area contributed by atoms with Crippen molar-refractivity contribution in [2.75, 3.05) is 46.0 Å². The molecule has 0 aromatic heterocycles. The number of fused-ring (bicyclic) bond motifs is 3. The lowest BCUT2D eigenvalue weighted by atomic mass is 9.96. The van der Waals surface area contributed by atoms with Gasteiger partial charge in [-0.3, -0.25) is 14.4 Å². The van der Waals surface area contributed by atoms with Gasteiger partial charge in [-0.25, -0.2) is 9.59 Å². The van der Waals surface area contributed by atoms with Crippen molar-refractivity contribution in [2.24, 2.45) is 11.7 Å². The van der Waals surface area contributed by atoms with Gasteiger partial charge in [0.25, 0.3) is 0 Å². The molecule has 6 N–H and O–H groups in total. The first-order valence-electron chi connectivity index (χ1n) is 25.8. The molecule has 15 nitrogen and oxygen atoms in total. The fourth-order valence-corrected chi connectivity index (χ4v) is 7.92. The van der Waals surface area contributed by atoms with E-state index in [9.17, 15) is 24.0 Å². The molecular formula is C58H81N5O10. The van der Waals surface area contributed by atoms with Crippen molar-refractivity contribution < 1.29 is 47.7 Å². The van der Waals surface area contributed by atoms with Crippen molar-refractivity contribution in [3.8, 4) is 11.1 Å². The molecule has 0 fully saturated rings. The van der Waals surface area contributed by atoms with Gasteiger partial charge in [0.15, 0.2) is 0 Å². The maximum Gasteiger partial charge on any atom is 0.407 e. The highest BCUT2D eigenvalue weighted by Crippen LogP contribution is 2.44. The number of rotatable bonds is 28. The number of alkyl carbamates (subject to hydrolysis) is 2. The molecule has 0 saturated carbocycles. The van der Waals surface area contributed by atoms with Crippen molar-refractivity contribution in [2.45, 2.75) is 136 Å². The second-order valence-corrected chi connectivity index (χ2v) is 20.1. The molecule has 1 aliphatic carbocycles. The van der Waals surface area contributed by atoms with Crippen LogP contribution in [0.1, 0.15) is 128 Å². The van der Waals surface area contributed by atoms with Crippen LogP contribution in [0.15, 0.2) is 109 Å². The molecule has 15 heteroatoms. The Morgan fingerprint density at radius 3 is 1.42 bits per heavy atom. The average Bonchev–Trinajstić information content (AvgIpc) is 3.67. The van der Waals surface area contributed by atoms with Gasteiger partial charge in [0.1, 0.15) is 17.8 Å². The van der Waals surface area contributed by atoms with E-state index in [0.29, 0.717) is 84.7 Å². The topological polar surface area (TPSA) is 206 Å². The van der Waals surface area contributed by atoms with E-state index in [2.05, 4.69) is 45.5 Å². The lowest BCUT2D eigenvalue weighted by molar-refractivity contribution is -0.147. The number of hydrogen-bond donors (Lipinski definition) is 5. The molecule has 5 rings (SSSR count).